The van der Waals surface area contributed by atoms with Crippen molar-refractivity contribution in [2.75, 3.05) is 18.5 Å². The fraction of sp³-hybridized carbons (Fsp3) is 0.750. The fourth-order valence-corrected chi connectivity index (χ4v) is 2.16. The van der Waals surface area contributed by atoms with Crippen molar-refractivity contribution in [3.05, 3.63) is 11.1 Å². The zero-order valence-corrected chi connectivity index (χ0v) is 11.8. The second-order valence-corrected chi connectivity index (χ2v) is 5.98. The van der Waals surface area contributed by atoms with Gasteiger partial charge in [-0.2, -0.15) is 0 Å². The van der Waals surface area contributed by atoms with Crippen LogP contribution in [-0.2, 0) is 6.54 Å². The van der Waals surface area contributed by atoms with Gasteiger partial charge in [-0.25, -0.2) is 4.98 Å². The van der Waals surface area contributed by atoms with E-state index in [2.05, 4.69) is 55.3 Å². The molecule has 0 saturated heterocycles. The molecule has 0 aliphatic rings. The molecule has 0 aliphatic heterocycles. The van der Waals surface area contributed by atoms with Crippen molar-refractivity contribution >= 4 is 16.5 Å². The number of hydrogen-bond donors (Lipinski definition) is 1. The lowest BCUT2D eigenvalue weighted by Crippen LogP contribution is -2.35. The molecular weight excluding hydrogens is 218 g/mol. The summed E-state index contributed by atoms with van der Waals surface area (Å²) in [6, 6.07) is 0. The summed E-state index contributed by atoms with van der Waals surface area (Å²) in [5, 5.41) is 6.71. The van der Waals surface area contributed by atoms with Gasteiger partial charge in [0, 0.05) is 31.1 Å². The van der Waals surface area contributed by atoms with Gasteiger partial charge in [0.05, 0.1) is 5.69 Å². The van der Waals surface area contributed by atoms with E-state index < -0.39 is 0 Å². The normalized spacial score (nSPS) is 11.8. The number of nitrogens with zero attached hydrogens (tertiary/aromatic N) is 2. The van der Waals surface area contributed by atoms with E-state index in [1.165, 1.54) is 0 Å². The third-order valence-corrected chi connectivity index (χ3v) is 3.23. The highest BCUT2D eigenvalue weighted by atomic mass is 32.1. The van der Waals surface area contributed by atoms with Crippen molar-refractivity contribution < 1.29 is 0 Å². The van der Waals surface area contributed by atoms with E-state index in [-0.39, 0.29) is 5.54 Å². The number of nitrogens with one attached hydrogen (secondary N) is 1. The summed E-state index contributed by atoms with van der Waals surface area (Å²) in [6.45, 7) is 10.6. The maximum Gasteiger partial charge on any atom is 0.185 e. The topological polar surface area (TPSA) is 28.2 Å². The average Bonchev–Trinajstić information content (AvgIpc) is 2.62. The molecule has 3 nitrogen and oxygen atoms in total. The Kier molecular flexibility index (Phi) is 4.74. The van der Waals surface area contributed by atoms with Crippen LogP contribution in [0.25, 0.3) is 0 Å². The molecule has 1 rings (SSSR count). The summed E-state index contributed by atoms with van der Waals surface area (Å²) in [4.78, 5) is 6.83. The Balaban J connectivity index is 2.51. The maximum absolute atomic E-state index is 4.61. The molecule has 0 atom stereocenters. The van der Waals surface area contributed by atoms with Crippen LogP contribution in [0.3, 0.4) is 0 Å². The summed E-state index contributed by atoms with van der Waals surface area (Å²) < 4.78 is 0. The van der Waals surface area contributed by atoms with Gasteiger partial charge >= 0.3 is 0 Å². The predicted octanol–water partition coefficient (Wildman–Crippen LogP) is 2.88. The summed E-state index contributed by atoms with van der Waals surface area (Å²) in [6.07, 6.45) is 1.16. The molecule has 0 radical (unpaired) electrons. The largest absolute Gasteiger partial charge is 0.351 e. The number of thiazole rings is 1. The molecule has 0 aromatic carbocycles. The summed E-state index contributed by atoms with van der Waals surface area (Å²) in [5.74, 6) is 0. The van der Waals surface area contributed by atoms with E-state index in [0.717, 1.165) is 30.3 Å². The smallest absolute Gasteiger partial charge is 0.185 e. The van der Waals surface area contributed by atoms with Gasteiger partial charge in [0.1, 0.15) is 0 Å². The minimum atomic E-state index is 0.152. The molecule has 0 saturated carbocycles. The van der Waals surface area contributed by atoms with Gasteiger partial charge in [0.25, 0.3) is 0 Å². The Hall–Kier alpha value is -0.610. The Bertz CT molecular complexity index is 314. The van der Waals surface area contributed by atoms with Gasteiger partial charge in [-0.1, -0.05) is 6.92 Å². The van der Waals surface area contributed by atoms with Crippen molar-refractivity contribution in [2.45, 2.75) is 46.2 Å². The van der Waals surface area contributed by atoms with E-state index in [9.17, 15) is 0 Å². The molecule has 0 aliphatic carbocycles. The van der Waals surface area contributed by atoms with Gasteiger partial charge < -0.3 is 10.2 Å². The quantitative estimate of drug-likeness (QED) is 0.859. The highest BCUT2D eigenvalue weighted by molar-refractivity contribution is 7.13. The lowest BCUT2D eigenvalue weighted by Gasteiger charge is -2.19. The van der Waals surface area contributed by atoms with Crippen molar-refractivity contribution in [3.8, 4) is 0 Å². The predicted molar refractivity (Wildman–Crippen MR) is 72.3 cm³/mol. The third kappa shape index (κ3) is 4.49. The van der Waals surface area contributed by atoms with Crippen molar-refractivity contribution in [2.24, 2.45) is 0 Å². The molecule has 0 bridgehead atoms. The first-order chi connectivity index (χ1) is 7.42. The summed E-state index contributed by atoms with van der Waals surface area (Å²) in [5.41, 5.74) is 1.29. The Labute approximate surface area is 103 Å². The van der Waals surface area contributed by atoms with Gasteiger partial charge in [-0.05, 0) is 27.2 Å². The molecule has 1 heterocycles. The second-order valence-electron chi connectivity index (χ2n) is 5.15. The van der Waals surface area contributed by atoms with Crippen molar-refractivity contribution in [3.63, 3.8) is 0 Å². The van der Waals surface area contributed by atoms with E-state index in [1.807, 2.05) is 0 Å². The molecule has 4 heteroatoms. The van der Waals surface area contributed by atoms with Crippen molar-refractivity contribution in [1.29, 1.82) is 0 Å². The first-order valence-electron chi connectivity index (χ1n) is 5.83. The maximum atomic E-state index is 4.61. The Morgan fingerprint density at radius 3 is 2.69 bits per heavy atom. The second kappa shape index (κ2) is 5.64. The summed E-state index contributed by atoms with van der Waals surface area (Å²) >= 11 is 1.72. The first-order valence-corrected chi connectivity index (χ1v) is 6.71. The van der Waals surface area contributed by atoms with E-state index in [4.69, 9.17) is 0 Å². The van der Waals surface area contributed by atoms with Crippen molar-refractivity contribution in [1.82, 2.24) is 10.3 Å². The fourth-order valence-electron chi connectivity index (χ4n) is 1.34. The molecule has 1 aromatic rings. The number of hydrogen-bond acceptors (Lipinski definition) is 4. The van der Waals surface area contributed by atoms with Crippen LogP contribution in [-0.4, -0.2) is 24.1 Å². The van der Waals surface area contributed by atoms with Crippen LogP contribution in [0.2, 0.25) is 0 Å². The van der Waals surface area contributed by atoms with Gasteiger partial charge in [0.2, 0.25) is 0 Å². The minimum Gasteiger partial charge on any atom is -0.351 e. The number of rotatable bonds is 5. The lowest BCUT2D eigenvalue weighted by molar-refractivity contribution is 0.422. The van der Waals surface area contributed by atoms with Crippen LogP contribution in [0.1, 0.15) is 39.8 Å². The van der Waals surface area contributed by atoms with Crippen LogP contribution in [0.4, 0.5) is 5.13 Å². The van der Waals surface area contributed by atoms with Crippen LogP contribution in [0, 0.1) is 0 Å². The lowest BCUT2D eigenvalue weighted by atomic mass is 10.1. The standard InChI is InChI=1S/C12H23N3S/c1-6-7-15(5)11-14-10(9-16-11)8-13-12(2,3)4/h9,13H,6-8H2,1-5H3. The van der Waals surface area contributed by atoms with E-state index in [0.29, 0.717) is 0 Å². The van der Waals surface area contributed by atoms with Gasteiger partial charge in [0.15, 0.2) is 5.13 Å². The Morgan fingerprint density at radius 1 is 1.44 bits per heavy atom. The van der Waals surface area contributed by atoms with Gasteiger partial charge in [-0.3, -0.25) is 0 Å². The number of aromatic nitrogens is 1. The highest BCUT2D eigenvalue weighted by Crippen LogP contribution is 2.19. The molecule has 16 heavy (non-hydrogen) atoms. The molecule has 0 spiro atoms. The van der Waals surface area contributed by atoms with Gasteiger partial charge in [-0.15, -0.1) is 11.3 Å². The monoisotopic (exact) mass is 241 g/mol. The minimum absolute atomic E-state index is 0.152. The molecule has 92 valence electrons. The van der Waals surface area contributed by atoms with E-state index in [1.54, 1.807) is 11.3 Å². The van der Waals surface area contributed by atoms with Crippen LogP contribution >= 0.6 is 11.3 Å². The van der Waals surface area contributed by atoms with Crippen LogP contribution in [0.15, 0.2) is 5.38 Å². The zero-order chi connectivity index (χ0) is 12.2. The molecule has 0 unspecified atom stereocenters. The van der Waals surface area contributed by atoms with E-state index >= 15 is 0 Å². The molecule has 0 amide bonds. The number of anilines is 1. The van der Waals surface area contributed by atoms with Crippen LogP contribution < -0.4 is 10.2 Å². The molecule has 1 N–H and O–H groups in total. The summed E-state index contributed by atoms with van der Waals surface area (Å²) in [7, 11) is 2.10. The first kappa shape index (κ1) is 13.5. The average molecular weight is 241 g/mol. The molecular formula is C12H23N3S. The third-order valence-electron chi connectivity index (χ3n) is 2.23. The Morgan fingerprint density at radius 2 is 2.12 bits per heavy atom. The molecule has 1 aromatic heterocycles. The molecule has 0 fully saturated rings. The highest BCUT2D eigenvalue weighted by Gasteiger charge is 2.11. The van der Waals surface area contributed by atoms with Crippen LogP contribution in [0.5, 0.6) is 0 Å². The zero-order valence-electron chi connectivity index (χ0n) is 11.0. The SMILES string of the molecule is CCCN(C)c1nc(CNC(C)(C)C)cs1.